The smallest absolute Gasteiger partial charge is 0.260 e. The highest BCUT2D eigenvalue weighted by Gasteiger charge is 2.12. The number of piperidine rings is 1. The van der Waals surface area contributed by atoms with Gasteiger partial charge in [0.25, 0.3) is 5.88 Å². The van der Waals surface area contributed by atoms with Crippen LogP contribution >= 0.6 is 0 Å². The highest BCUT2D eigenvalue weighted by molar-refractivity contribution is 5.53. The van der Waals surface area contributed by atoms with Crippen LogP contribution in [0.25, 0.3) is 5.65 Å². The summed E-state index contributed by atoms with van der Waals surface area (Å²) in [5, 5.41) is 0. The van der Waals surface area contributed by atoms with Crippen molar-refractivity contribution in [1.82, 2.24) is 19.3 Å². The van der Waals surface area contributed by atoms with Gasteiger partial charge in [0.05, 0.1) is 6.20 Å². The Kier molecular flexibility index (Phi) is 3.98. The molecule has 3 N–H and O–H groups in total. The summed E-state index contributed by atoms with van der Waals surface area (Å²) >= 11 is 0. The quantitative estimate of drug-likeness (QED) is 0.623. The van der Waals surface area contributed by atoms with Gasteiger partial charge in [-0.05, 0) is 25.9 Å². The first-order valence-electron chi connectivity index (χ1n) is 7.02. The third kappa shape index (κ3) is 2.83. The molecule has 0 radical (unpaired) electrons. The fourth-order valence-electron chi connectivity index (χ4n) is 2.52. The van der Waals surface area contributed by atoms with E-state index < -0.39 is 0 Å². The van der Waals surface area contributed by atoms with Gasteiger partial charge in [0, 0.05) is 18.9 Å². The van der Waals surface area contributed by atoms with Crippen LogP contribution in [-0.4, -0.2) is 45.5 Å². The fraction of sp³-hybridized carbons (Fsp3) is 0.538. The molecule has 0 atom stereocenters. The second-order valence-corrected chi connectivity index (χ2v) is 4.98. The van der Waals surface area contributed by atoms with E-state index in [0.717, 1.165) is 6.54 Å². The number of aromatic nitrogens is 3. The monoisotopic (exact) mass is 276 g/mol. The molecule has 7 heteroatoms. The van der Waals surface area contributed by atoms with Crippen molar-refractivity contribution in [3.05, 3.63) is 18.6 Å². The van der Waals surface area contributed by atoms with Crippen molar-refractivity contribution in [2.24, 2.45) is 5.84 Å². The van der Waals surface area contributed by atoms with Gasteiger partial charge >= 0.3 is 0 Å². The number of likely N-dealkylation sites (tertiary alicyclic amines) is 1. The van der Waals surface area contributed by atoms with Gasteiger partial charge in [0.15, 0.2) is 5.82 Å². The number of ether oxygens (including phenoxy) is 1. The van der Waals surface area contributed by atoms with E-state index in [2.05, 4.69) is 20.3 Å². The molecule has 0 spiro atoms. The average molecular weight is 276 g/mol. The molecule has 0 amide bonds. The number of nitrogens with one attached hydrogen (secondary N) is 1. The molecule has 2 aromatic rings. The number of fused-ring (bicyclic) bond motifs is 1. The first-order chi connectivity index (χ1) is 9.86. The second kappa shape index (κ2) is 6.06. The molecule has 1 aliphatic heterocycles. The molecule has 1 saturated heterocycles. The van der Waals surface area contributed by atoms with Crippen LogP contribution in [0.4, 0.5) is 5.82 Å². The molecule has 0 saturated carbocycles. The summed E-state index contributed by atoms with van der Waals surface area (Å²) in [4.78, 5) is 11.0. The number of anilines is 1. The average Bonchev–Trinajstić information content (AvgIpc) is 2.96. The van der Waals surface area contributed by atoms with Crippen LogP contribution in [0, 0.1) is 0 Å². The van der Waals surface area contributed by atoms with Crippen LogP contribution < -0.4 is 16.0 Å². The van der Waals surface area contributed by atoms with E-state index in [1.807, 2.05) is 10.6 Å². The van der Waals surface area contributed by atoms with Crippen molar-refractivity contribution in [3.63, 3.8) is 0 Å². The second-order valence-electron chi connectivity index (χ2n) is 4.98. The van der Waals surface area contributed by atoms with Crippen molar-refractivity contribution >= 4 is 11.5 Å². The van der Waals surface area contributed by atoms with Gasteiger partial charge in [0.1, 0.15) is 6.61 Å². The molecule has 0 bridgehead atoms. The zero-order valence-corrected chi connectivity index (χ0v) is 11.5. The SMILES string of the molecule is NNc1cn2ccnc2c(OCCN2CCCCC2)n1. The lowest BCUT2D eigenvalue weighted by Crippen LogP contribution is -2.33. The van der Waals surface area contributed by atoms with E-state index in [0.29, 0.717) is 24.0 Å². The maximum Gasteiger partial charge on any atom is 0.260 e. The van der Waals surface area contributed by atoms with Gasteiger partial charge in [-0.1, -0.05) is 6.42 Å². The van der Waals surface area contributed by atoms with Crippen LogP contribution in [0.15, 0.2) is 18.6 Å². The molecule has 0 unspecified atom stereocenters. The Hall–Kier alpha value is -1.86. The normalized spacial score (nSPS) is 16.4. The molecule has 2 aromatic heterocycles. The minimum Gasteiger partial charge on any atom is -0.474 e. The lowest BCUT2D eigenvalue weighted by Gasteiger charge is -2.26. The minimum atomic E-state index is 0.516. The zero-order valence-electron chi connectivity index (χ0n) is 11.5. The molecular formula is C13H20N6O. The van der Waals surface area contributed by atoms with Crippen LogP contribution in [0.1, 0.15) is 19.3 Å². The van der Waals surface area contributed by atoms with Crippen molar-refractivity contribution in [2.45, 2.75) is 19.3 Å². The van der Waals surface area contributed by atoms with Crippen molar-refractivity contribution in [1.29, 1.82) is 0 Å². The summed E-state index contributed by atoms with van der Waals surface area (Å²) in [6, 6.07) is 0. The number of hydrazine groups is 1. The Morgan fingerprint density at radius 3 is 2.95 bits per heavy atom. The minimum absolute atomic E-state index is 0.516. The van der Waals surface area contributed by atoms with E-state index in [1.165, 1.54) is 32.4 Å². The summed E-state index contributed by atoms with van der Waals surface area (Å²) < 4.78 is 7.64. The molecule has 0 aliphatic carbocycles. The molecule has 1 aliphatic rings. The lowest BCUT2D eigenvalue weighted by atomic mass is 10.1. The number of hydrogen-bond donors (Lipinski definition) is 2. The first kappa shape index (κ1) is 13.1. The molecule has 7 nitrogen and oxygen atoms in total. The number of imidazole rings is 1. The third-order valence-corrected chi connectivity index (χ3v) is 3.59. The maximum atomic E-state index is 5.79. The standard InChI is InChI=1S/C13H20N6O/c14-17-11-10-19-7-4-15-12(19)13(16-11)20-9-8-18-5-2-1-3-6-18/h4,7,10,17H,1-3,5-6,8-9,14H2. The summed E-state index contributed by atoms with van der Waals surface area (Å²) in [5.41, 5.74) is 3.25. The molecule has 1 fully saturated rings. The van der Waals surface area contributed by atoms with Crippen molar-refractivity contribution in [3.8, 4) is 5.88 Å². The van der Waals surface area contributed by atoms with E-state index in [9.17, 15) is 0 Å². The predicted octanol–water partition coefficient (Wildman–Crippen LogP) is 0.880. The van der Waals surface area contributed by atoms with Crippen LogP contribution in [-0.2, 0) is 0 Å². The molecule has 20 heavy (non-hydrogen) atoms. The summed E-state index contributed by atoms with van der Waals surface area (Å²) in [7, 11) is 0. The summed E-state index contributed by atoms with van der Waals surface area (Å²) in [6.45, 7) is 3.87. The van der Waals surface area contributed by atoms with E-state index >= 15 is 0 Å². The predicted molar refractivity (Wildman–Crippen MR) is 76.6 cm³/mol. The summed E-state index contributed by atoms with van der Waals surface area (Å²) in [6.07, 6.45) is 9.26. The summed E-state index contributed by atoms with van der Waals surface area (Å²) in [5.74, 6) is 6.49. The Labute approximate surface area is 117 Å². The maximum absolute atomic E-state index is 5.79. The topological polar surface area (TPSA) is 80.7 Å². The van der Waals surface area contributed by atoms with Crippen molar-refractivity contribution in [2.75, 3.05) is 31.7 Å². The Balaban J connectivity index is 1.65. The number of rotatable bonds is 5. The van der Waals surface area contributed by atoms with Crippen molar-refractivity contribution < 1.29 is 4.74 Å². The lowest BCUT2D eigenvalue weighted by molar-refractivity contribution is 0.181. The molecule has 3 heterocycles. The zero-order chi connectivity index (χ0) is 13.8. The number of hydrogen-bond acceptors (Lipinski definition) is 6. The third-order valence-electron chi connectivity index (χ3n) is 3.59. The Morgan fingerprint density at radius 2 is 2.15 bits per heavy atom. The van der Waals surface area contributed by atoms with Gasteiger partial charge in [0.2, 0.25) is 5.65 Å². The van der Waals surface area contributed by atoms with Gasteiger partial charge in [-0.3, -0.25) is 9.30 Å². The highest BCUT2D eigenvalue weighted by atomic mass is 16.5. The molecular weight excluding hydrogens is 256 g/mol. The number of nitrogens with zero attached hydrogens (tertiary/aromatic N) is 4. The molecule has 0 aromatic carbocycles. The van der Waals surface area contributed by atoms with Crippen LogP contribution in [0.5, 0.6) is 5.88 Å². The van der Waals surface area contributed by atoms with E-state index in [-0.39, 0.29) is 0 Å². The van der Waals surface area contributed by atoms with Gasteiger partial charge < -0.3 is 10.2 Å². The van der Waals surface area contributed by atoms with Crippen LogP contribution in [0.2, 0.25) is 0 Å². The number of nitrogen functional groups attached to an aromatic ring is 1. The number of nitrogens with two attached hydrogens (primary N) is 1. The van der Waals surface area contributed by atoms with E-state index in [4.69, 9.17) is 10.6 Å². The molecule has 108 valence electrons. The van der Waals surface area contributed by atoms with Gasteiger partial charge in [-0.15, -0.1) is 0 Å². The van der Waals surface area contributed by atoms with Crippen LogP contribution in [0.3, 0.4) is 0 Å². The molecule has 3 rings (SSSR count). The van der Waals surface area contributed by atoms with Gasteiger partial charge in [-0.2, -0.15) is 4.98 Å². The highest BCUT2D eigenvalue weighted by Crippen LogP contribution is 2.18. The van der Waals surface area contributed by atoms with Gasteiger partial charge in [-0.25, -0.2) is 10.8 Å². The Bertz CT molecular complexity index is 563. The first-order valence-corrected chi connectivity index (χ1v) is 7.02. The fourth-order valence-corrected chi connectivity index (χ4v) is 2.52. The Morgan fingerprint density at radius 1 is 1.30 bits per heavy atom. The van der Waals surface area contributed by atoms with E-state index in [1.54, 1.807) is 12.4 Å². The largest absolute Gasteiger partial charge is 0.474 e.